The van der Waals surface area contributed by atoms with E-state index in [2.05, 4.69) is 40.7 Å². The molecule has 0 spiro atoms. The van der Waals surface area contributed by atoms with Gasteiger partial charge < -0.3 is 15.4 Å². The Morgan fingerprint density at radius 3 is 2.79 bits per heavy atom. The first-order valence-corrected chi connectivity index (χ1v) is 9.23. The van der Waals surface area contributed by atoms with Gasteiger partial charge in [-0.3, -0.25) is 9.89 Å². The molecule has 2 fully saturated rings. The fraction of sp³-hybridized carbons (Fsp3) is 0.632. The molecule has 24 heavy (non-hydrogen) atoms. The van der Waals surface area contributed by atoms with Crippen molar-refractivity contribution in [2.75, 3.05) is 33.3 Å². The highest BCUT2D eigenvalue weighted by Gasteiger charge is 2.25. The molecule has 1 saturated heterocycles. The molecule has 0 amide bonds. The Bertz CT molecular complexity index is 550. The van der Waals surface area contributed by atoms with Crippen molar-refractivity contribution in [1.29, 1.82) is 0 Å². The molecule has 132 valence electrons. The maximum Gasteiger partial charge on any atom is 0.191 e. The molecule has 1 atom stereocenters. The Morgan fingerprint density at radius 1 is 1.33 bits per heavy atom. The normalized spacial score (nSPS) is 20.0. The van der Waals surface area contributed by atoms with E-state index >= 15 is 0 Å². The Morgan fingerprint density at radius 2 is 2.12 bits per heavy atom. The molecule has 1 unspecified atom stereocenters. The van der Waals surface area contributed by atoms with Crippen LogP contribution in [0.4, 0.5) is 0 Å². The predicted molar refractivity (Wildman–Crippen MR) is 98.7 cm³/mol. The second-order valence-electron chi connectivity index (χ2n) is 6.67. The van der Waals surface area contributed by atoms with Crippen LogP contribution in [0.25, 0.3) is 0 Å². The fourth-order valence-corrected chi connectivity index (χ4v) is 3.25. The zero-order valence-corrected chi connectivity index (χ0v) is 14.9. The molecular weight excluding hydrogens is 300 g/mol. The van der Waals surface area contributed by atoms with Gasteiger partial charge in [-0.05, 0) is 63.4 Å². The molecule has 1 saturated carbocycles. The maximum atomic E-state index is 5.41. The van der Waals surface area contributed by atoms with Crippen LogP contribution in [0.1, 0.15) is 44.2 Å². The largest absolute Gasteiger partial charge is 0.497 e. The van der Waals surface area contributed by atoms with Crippen LogP contribution in [0.15, 0.2) is 29.3 Å². The second-order valence-corrected chi connectivity index (χ2v) is 6.67. The number of likely N-dealkylation sites (tertiary alicyclic amines) is 1. The average molecular weight is 330 g/mol. The summed E-state index contributed by atoms with van der Waals surface area (Å²) in [7, 11) is 1.73. The lowest BCUT2D eigenvalue weighted by Gasteiger charge is -2.27. The highest BCUT2D eigenvalue weighted by Crippen LogP contribution is 2.28. The van der Waals surface area contributed by atoms with Gasteiger partial charge >= 0.3 is 0 Å². The Balaban J connectivity index is 1.75. The van der Waals surface area contributed by atoms with Crippen molar-refractivity contribution >= 4 is 5.96 Å². The number of rotatable bonds is 7. The van der Waals surface area contributed by atoms with Gasteiger partial charge in [0, 0.05) is 12.6 Å². The van der Waals surface area contributed by atoms with E-state index < -0.39 is 0 Å². The summed E-state index contributed by atoms with van der Waals surface area (Å²) in [6, 6.07) is 9.37. The lowest BCUT2D eigenvalue weighted by Crippen LogP contribution is -2.39. The standard InChI is InChI=1S/C19H30N4O/c1-3-20-19(22-16-9-10-16)21-14-18(23-11-4-5-12-23)15-7-6-8-17(13-15)24-2/h6-8,13,16,18H,3-5,9-12,14H2,1-2H3,(H2,20,21,22). The number of aliphatic imine (C=N–C) groups is 1. The molecule has 0 radical (unpaired) electrons. The number of ether oxygens (including phenoxy) is 1. The van der Waals surface area contributed by atoms with E-state index in [4.69, 9.17) is 9.73 Å². The van der Waals surface area contributed by atoms with Crippen LogP contribution in [0, 0.1) is 0 Å². The zero-order chi connectivity index (χ0) is 16.8. The van der Waals surface area contributed by atoms with Crippen molar-refractivity contribution in [3.05, 3.63) is 29.8 Å². The summed E-state index contributed by atoms with van der Waals surface area (Å²) in [5.74, 6) is 1.87. The van der Waals surface area contributed by atoms with E-state index in [1.807, 2.05) is 6.07 Å². The van der Waals surface area contributed by atoms with Crippen LogP contribution in [-0.2, 0) is 0 Å². The second kappa shape index (κ2) is 8.38. The van der Waals surface area contributed by atoms with E-state index in [0.717, 1.165) is 37.9 Å². The minimum atomic E-state index is 0.317. The summed E-state index contributed by atoms with van der Waals surface area (Å²) in [5, 5.41) is 6.88. The van der Waals surface area contributed by atoms with Crippen LogP contribution in [0.3, 0.4) is 0 Å². The highest BCUT2D eigenvalue weighted by atomic mass is 16.5. The summed E-state index contributed by atoms with van der Waals surface area (Å²) >= 11 is 0. The third kappa shape index (κ3) is 4.63. The summed E-state index contributed by atoms with van der Waals surface area (Å²) in [5.41, 5.74) is 1.29. The summed E-state index contributed by atoms with van der Waals surface area (Å²) in [6.45, 7) is 6.10. The monoisotopic (exact) mass is 330 g/mol. The van der Waals surface area contributed by atoms with Crippen LogP contribution >= 0.6 is 0 Å². The van der Waals surface area contributed by atoms with Crippen molar-refractivity contribution in [2.24, 2.45) is 4.99 Å². The molecule has 5 heteroatoms. The van der Waals surface area contributed by atoms with Gasteiger partial charge in [-0.1, -0.05) is 12.1 Å². The van der Waals surface area contributed by atoms with E-state index in [0.29, 0.717) is 12.1 Å². The molecule has 0 aromatic heterocycles. The van der Waals surface area contributed by atoms with Gasteiger partial charge in [0.05, 0.1) is 19.7 Å². The summed E-state index contributed by atoms with van der Waals surface area (Å²) < 4.78 is 5.41. The molecule has 1 aliphatic heterocycles. The summed E-state index contributed by atoms with van der Waals surface area (Å²) in [6.07, 6.45) is 5.08. The predicted octanol–water partition coefficient (Wildman–Crippen LogP) is 2.55. The number of nitrogens with zero attached hydrogens (tertiary/aromatic N) is 2. The first-order valence-electron chi connectivity index (χ1n) is 9.23. The van der Waals surface area contributed by atoms with E-state index in [1.165, 1.54) is 31.2 Å². The topological polar surface area (TPSA) is 48.9 Å². The maximum absolute atomic E-state index is 5.41. The molecule has 1 aromatic carbocycles. The van der Waals surface area contributed by atoms with Crippen molar-refractivity contribution in [1.82, 2.24) is 15.5 Å². The van der Waals surface area contributed by atoms with Gasteiger partial charge in [0.1, 0.15) is 5.75 Å². The molecule has 1 aromatic rings. The van der Waals surface area contributed by atoms with Gasteiger partial charge in [-0.2, -0.15) is 0 Å². The third-order valence-corrected chi connectivity index (χ3v) is 4.74. The zero-order valence-electron chi connectivity index (χ0n) is 14.9. The van der Waals surface area contributed by atoms with Crippen LogP contribution in [0.5, 0.6) is 5.75 Å². The molecular formula is C19H30N4O. The Labute approximate surface area is 145 Å². The highest BCUT2D eigenvalue weighted by molar-refractivity contribution is 5.80. The quantitative estimate of drug-likeness (QED) is 0.596. The lowest BCUT2D eigenvalue weighted by molar-refractivity contribution is 0.251. The molecule has 2 N–H and O–H groups in total. The smallest absolute Gasteiger partial charge is 0.191 e. The number of hydrogen-bond donors (Lipinski definition) is 2. The lowest BCUT2D eigenvalue weighted by atomic mass is 10.1. The molecule has 2 aliphatic rings. The molecule has 1 aliphatic carbocycles. The van der Waals surface area contributed by atoms with Gasteiger partial charge in [0.25, 0.3) is 0 Å². The number of methoxy groups -OCH3 is 1. The Kier molecular flexibility index (Phi) is 5.96. The minimum Gasteiger partial charge on any atom is -0.497 e. The van der Waals surface area contributed by atoms with Gasteiger partial charge in [0.2, 0.25) is 0 Å². The van der Waals surface area contributed by atoms with E-state index in [1.54, 1.807) is 7.11 Å². The van der Waals surface area contributed by atoms with Crippen molar-refractivity contribution in [3.63, 3.8) is 0 Å². The minimum absolute atomic E-state index is 0.317. The SMILES string of the molecule is CCNC(=NCC(c1cccc(OC)c1)N1CCCC1)NC1CC1. The first kappa shape index (κ1) is 17.1. The number of benzene rings is 1. The number of hydrogen-bond acceptors (Lipinski definition) is 3. The van der Waals surface area contributed by atoms with Crippen molar-refractivity contribution in [2.45, 2.75) is 44.7 Å². The van der Waals surface area contributed by atoms with Crippen molar-refractivity contribution in [3.8, 4) is 5.75 Å². The average Bonchev–Trinajstić information content (AvgIpc) is 3.26. The Hall–Kier alpha value is -1.75. The molecule has 1 heterocycles. The van der Waals surface area contributed by atoms with E-state index in [-0.39, 0.29) is 0 Å². The van der Waals surface area contributed by atoms with Crippen molar-refractivity contribution < 1.29 is 4.74 Å². The van der Waals surface area contributed by atoms with Gasteiger partial charge in [-0.15, -0.1) is 0 Å². The number of nitrogens with one attached hydrogen (secondary N) is 2. The first-order chi connectivity index (χ1) is 11.8. The van der Waals surface area contributed by atoms with Crippen LogP contribution in [0.2, 0.25) is 0 Å². The molecule has 0 bridgehead atoms. The van der Waals surface area contributed by atoms with Crippen LogP contribution in [-0.4, -0.2) is 50.2 Å². The number of guanidine groups is 1. The molecule has 3 rings (SSSR count). The van der Waals surface area contributed by atoms with Crippen LogP contribution < -0.4 is 15.4 Å². The third-order valence-electron chi connectivity index (χ3n) is 4.74. The fourth-order valence-electron chi connectivity index (χ4n) is 3.25. The van der Waals surface area contributed by atoms with E-state index in [9.17, 15) is 0 Å². The molecule has 5 nitrogen and oxygen atoms in total. The van der Waals surface area contributed by atoms with Gasteiger partial charge in [0.15, 0.2) is 5.96 Å². The summed E-state index contributed by atoms with van der Waals surface area (Å²) in [4.78, 5) is 7.44. The van der Waals surface area contributed by atoms with Gasteiger partial charge in [-0.25, -0.2) is 0 Å².